The number of hydrogen-bond acceptors (Lipinski definition) is 10. The molecule has 2 aliphatic rings. The van der Waals surface area contributed by atoms with E-state index in [1.165, 1.54) is 0 Å². The molecular weight excluding hydrogens is 528 g/mol. The van der Waals surface area contributed by atoms with Crippen LogP contribution in [0.15, 0.2) is 18.2 Å². The lowest BCUT2D eigenvalue weighted by Crippen LogP contribution is -2.54. The zero-order chi connectivity index (χ0) is 28.7. The lowest BCUT2D eigenvalue weighted by atomic mass is 9.99. The first kappa shape index (κ1) is 31.3. The Kier molecular flexibility index (Phi) is 13.1. The van der Waals surface area contributed by atoms with Gasteiger partial charge < -0.3 is 28.8 Å². The number of rotatable bonds is 20. The number of carbonyl (C=O) groups is 5. The minimum absolute atomic E-state index is 0.0244. The SMILES string of the molecule is O=C(O)CCOCCOCCOCCOCCOCCCc1cccc2c1C(=O)N(C1CCC(=O)NC1=O)C2=O. The number of benzene rings is 1. The molecule has 2 heterocycles. The van der Waals surface area contributed by atoms with Crippen molar-refractivity contribution in [3.8, 4) is 0 Å². The fourth-order valence-corrected chi connectivity index (χ4v) is 4.30. The molecule has 1 fully saturated rings. The average Bonchev–Trinajstić information content (AvgIpc) is 3.18. The number of carboxylic acid groups (broad SMARTS) is 1. The van der Waals surface area contributed by atoms with E-state index in [9.17, 15) is 24.0 Å². The number of amides is 4. The largest absolute Gasteiger partial charge is 0.481 e. The fourth-order valence-electron chi connectivity index (χ4n) is 4.30. The molecule has 1 aromatic rings. The summed E-state index contributed by atoms with van der Waals surface area (Å²) in [6.45, 7) is 3.78. The first-order chi connectivity index (χ1) is 19.4. The number of aliphatic carboxylic acids is 1. The molecule has 1 aromatic carbocycles. The summed E-state index contributed by atoms with van der Waals surface area (Å²) in [7, 11) is 0. The van der Waals surface area contributed by atoms with Gasteiger partial charge in [-0.05, 0) is 30.9 Å². The van der Waals surface area contributed by atoms with Crippen LogP contribution in [0.1, 0.15) is 52.0 Å². The summed E-state index contributed by atoms with van der Waals surface area (Å²) in [6, 6.07) is 4.11. The molecule has 0 aliphatic carbocycles. The van der Waals surface area contributed by atoms with E-state index >= 15 is 0 Å². The maximum Gasteiger partial charge on any atom is 0.305 e. The highest BCUT2D eigenvalue weighted by molar-refractivity contribution is 6.24. The van der Waals surface area contributed by atoms with Gasteiger partial charge >= 0.3 is 5.97 Å². The zero-order valence-corrected chi connectivity index (χ0v) is 22.4. The van der Waals surface area contributed by atoms with Crippen molar-refractivity contribution in [3.05, 3.63) is 34.9 Å². The van der Waals surface area contributed by atoms with Gasteiger partial charge in [0.05, 0.1) is 77.0 Å². The van der Waals surface area contributed by atoms with Crippen LogP contribution in [0.3, 0.4) is 0 Å². The maximum absolute atomic E-state index is 13.1. The third-order valence-corrected chi connectivity index (χ3v) is 6.24. The Bertz CT molecular complexity index is 1050. The van der Waals surface area contributed by atoms with Crippen LogP contribution in [-0.4, -0.2) is 112 Å². The highest BCUT2D eigenvalue weighted by Crippen LogP contribution is 2.30. The number of nitrogens with one attached hydrogen (secondary N) is 1. The molecule has 220 valence electrons. The van der Waals surface area contributed by atoms with Gasteiger partial charge in [0.15, 0.2) is 0 Å². The summed E-state index contributed by atoms with van der Waals surface area (Å²) in [5.41, 5.74) is 1.31. The van der Waals surface area contributed by atoms with Crippen molar-refractivity contribution in [3.63, 3.8) is 0 Å². The van der Waals surface area contributed by atoms with E-state index in [0.717, 1.165) is 10.5 Å². The molecule has 0 bridgehead atoms. The molecule has 1 atom stereocenters. The van der Waals surface area contributed by atoms with Crippen molar-refractivity contribution in [2.45, 2.75) is 38.1 Å². The Morgan fingerprint density at radius 1 is 0.825 bits per heavy atom. The molecule has 1 saturated heterocycles. The van der Waals surface area contributed by atoms with Gasteiger partial charge in [0.2, 0.25) is 11.8 Å². The first-order valence-corrected chi connectivity index (χ1v) is 13.3. The van der Waals surface area contributed by atoms with Crippen LogP contribution in [0.5, 0.6) is 0 Å². The monoisotopic (exact) mass is 564 g/mol. The number of fused-ring (bicyclic) bond motifs is 1. The summed E-state index contributed by atoms with van der Waals surface area (Å²) in [5.74, 6) is -2.95. The van der Waals surface area contributed by atoms with Crippen molar-refractivity contribution in [2.24, 2.45) is 0 Å². The molecule has 4 amide bonds. The van der Waals surface area contributed by atoms with Gasteiger partial charge in [-0.25, -0.2) is 0 Å². The molecule has 40 heavy (non-hydrogen) atoms. The van der Waals surface area contributed by atoms with Gasteiger partial charge in [0, 0.05) is 13.0 Å². The summed E-state index contributed by atoms with van der Waals surface area (Å²) >= 11 is 0. The first-order valence-electron chi connectivity index (χ1n) is 13.3. The molecule has 3 rings (SSSR count). The van der Waals surface area contributed by atoms with Crippen LogP contribution in [0, 0.1) is 0 Å². The fraction of sp³-hybridized carbons (Fsp3) is 0.593. The van der Waals surface area contributed by atoms with Crippen LogP contribution < -0.4 is 5.32 Å². The summed E-state index contributed by atoms with van der Waals surface area (Å²) in [6.07, 6.45) is 1.33. The topological polar surface area (TPSA) is 167 Å². The van der Waals surface area contributed by atoms with Gasteiger partial charge in [0.25, 0.3) is 11.8 Å². The number of piperidine rings is 1. The number of hydrogen-bond donors (Lipinski definition) is 2. The third-order valence-electron chi connectivity index (χ3n) is 6.24. The highest BCUT2D eigenvalue weighted by Gasteiger charge is 2.45. The minimum atomic E-state index is -0.983. The van der Waals surface area contributed by atoms with E-state index in [2.05, 4.69) is 5.32 Å². The van der Waals surface area contributed by atoms with Gasteiger partial charge in [-0.2, -0.15) is 0 Å². The quantitative estimate of drug-likeness (QED) is 0.168. The van der Waals surface area contributed by atoms with E-state index in [-0.39, 0.29) is 31.4 Å². The molecule has 1 unspecified atom stereocenters. The van der Waals surface area contributed by atoms with Gasteiger partial charge in [0.1, 0.15) is 6.04 Å². The minimum Gasteiger partial charge on any atom is -0.481 e. The van der Waals surface area contributed by atoms with Crippen LogP contribution in [0.25, 0.3) is 0 Å². The Labute approximate surface area is 232 Å². The van der Waals surface area contributed by atoms with Crippen LogP contribution in [0.2, 0.25) is 0 Å². The Morgan fingerprint density at radius 2 is 1.40 bits per heavy atom. The Balaban J connectivity index is 1.22. The summed E-state index contributed by atoms with van der Waals surface area (Å²) < 4.78 is 26.9. The standard InChI is InChI=1S/C27H36N2O11/c30-22-7-6-21(25(33)28-22)29-26(34)20-5-1-3-19(24(20)27(29)35)4-2-9-36-11-13-38-15-17-40-18-16-39-14-12-37-10-8-23(31)32/h1,3,5,21H,2,4,6-18H2,(H,31,32)(H,28,30,33). The van der Waals surface area contributed by atoms with Crippen molar-refractivity contribution in [2.75, 3.05) is 66.1 Å². The summed E-state index contributed by atoms with van der Waals surface area (Å²) in [4.78, 5) is 61.0. The number of carbonyl (C=O) groups excluding carboxylic acids is 4. The number of imide groups is 2. The predicted molar refractivity (Wildman–Crippen MR) is 138 cm³/mol. The van der Waals surface area contributed by atoms with Crippen LogP contribution in [-0.2, 0) is 44.5 Å². The van der Waals surface area contributed by atoms with Crippen LogP contribution >= 0.6 is 0 Å². The Hall–Kier alpha value is -3.23. The lowest BCUT2D eigenvalue weighted by molar-refractivity contribution is -0.138. The van der Waals surface area contributed by atoms with Crippen molar-refractivity contribution < 1.29 is 52.8 Å². The van der Waals surface area contributed by atoms with Crippen molar-refractivity contribution in [1.82, 2.24) is 10.2 Å². The maximum atomic E-state index is 13.1. The van der Waals surface area contributed by atoms with Gasteiger partial charge in [-0.3, -0.25) is 34.2 Å². The molecule has 0 aromatic heterocycles. The van der Waals surface area contributed by atoms with E-state index in [0.29, 0.717) is 77.9 Å². The van der Waals surface area contributed by atoms with E-state index in [1.54, 1.807) is 18.2 Å². The predicted octanol–water partition coefficient (Wildman–Crippen LogP) is 0.578. The number of ether oxygens (including phenoxy) is 5. The van der Waals surface area contributed by atoms with E-state index in [4.69, 9.17) is 28.8 Å². The molecule has 0 spiro atoms. The molecule has 13 nitrogen and oxygen atoms in total. The smallest absolute Gasteiger partial charge is 0.305 e. The second-order valence-corrected chi connectivity index (χ2v) is 9.10. The average molecular weight is 565 g/mol. The number of nitrogens with zero attached hydrogens (tertiary/aromatic N) is 1. The van der Waals surface area contributed by atoms with Crippen molar-refractivity contribution >= 4 is 29.6 Å². The van der Waals surface area contributed by atoms with Gasteiger partial charge in [-0.1, -0.05) is 12.1 Å². The number of aryl methyl sites for hydroxylation is 1. The zero-order valence-electron chi connectivity index (χ0n) is 22.4. The van der Waals surface area contributed by atoms with Gasteiger partial charge in [-0.15, -0.1) is 0 Å². The molecule has 13 heteroatoms. The van der Waals surface area contributed by atoms with Crippen molar-refractivity contribution in [1.29, 1.82) is 0 Å². The molecule has 2 N–H and O–H groups in total. The second-order valence-electron chi connectivity index (χ2n) is 9.10. The normalized spacial score (nSPS) is 16.9. The molecule has 2 aliphatic heterocycles. The molecule has 0 saturated carbocycles. The van der Waals surface area contributed by atoms with Crippen LogP contribution in [0.4, 0.5) is 0 Å². The lowest BCUT2D eigenvalue weighted by Gasteiger charge is -2.27. The van der Waals surface area contributed by atoms with E-state index < -0.39 is 35.6 Å². The van der Waals surface area contributed by atoms with E-state index in [1.807, 2.05) is 0 Å². The third kappa shape index (κ3) is 9.45. The second kappa shape index (κ2) is 16.8. The highest BCUT2D eigenvalue weighted by atomic mass is 16.6. The number of carboxylic acids is 1. The summed E-state index contributed by atoms with van der Waals surface area (Å²) in [5, 5.41) is 10.7. The Morgan fingerprint density at radius 3 is 1.98 bits per heavy atom. The molecule has 0 radical (unpaired) electrons. The molecular formula is C27H36N2O11.